The highest BCUT2D eigenvalue weighted by atomic mass is 32.1. The lowest BCUT2D eigenvalue weighted by Crippen LogP contribution is -2.51. The van der Waals surface area contributed by atoms with E-state index in [2.05, 4.69) is 5.32 Å². The van der Waals surface area contributed by atoms with Gasteiger partial charge in [-0.1, -0.05) is 36.4 Å². The Morgan fingerprint density at radius 3 is 2.36 bits per heavy atom. The zero-order valence-electron chi connectivity index (χ0n) is 11.4. The zero-order chi connectivity index (χ0) is 16.2. The van der Waals surface area contributed by atoms with Crippen molar-refractivity contribution in [3.8, 4) is 0 Å². The maximum absolute atomic E-state index is 13.2. The quantitative estimate of drug-likeness (QED) is 0.886. The Morgan fingerprint density at radius 1 is 1.14 bits per heavy atom. The highest BCUT2D eigenvalue weighted by molar-refractivity contribution is 7.10. The van der Waals surface area contributed by atoms with Crippen molar-refractivity contribution in [1.82, 2.24) is 5.32 Å². The smallest absolute Gasteiger partial charge is 0.375 e. The van der Waals surface area contributed by atoms with Crippen LogP contribution < -0.4 is 5.32 Å². The van der Waals surface area contributed by atoms with Crippen molar-refractivity contribution < 1.29 is 23.1 Å². The van der Waals surface area contributed by atoms with Crippen LogP contribution in [0.1, 0.15) is 10.4 Å². The van der Waals surface area contributed by atoms with E-state index < -0.39 is 24.2 Å². The monoisotopic (exact) mass is 329 g/mol. The minimum atomic E-state index is -4.90. The topological polar surface area (TPSA) is 49.3 Å². The molecule has 118 valence electrons. The molecule has 22 heavy (non-hydrogen) atoms. The molecule has 3 nitrogen and oxygen atoms in total. The van der Waals surface area contributed by atoms with Crippen LogP contribution in [0.4, 0.5) is 13.2 Å². The van der Waals surface area contributed by atoms with Crippen LogP contribution in [0.15, 0.2) is 47.8 Å². The molecule has 0 aliphatic rings. The van der Waals surface area contributed by atoms with Gasteiger partial charge in [0, 0.05) is 4.88 Å². The first-order chi connectivity index (χ1) is 10.3. The van der Waals surface area contributed by atoms with E-state index >= 15 is 0 Å². The van der Waals surface area contributed by atoms with Crippen LogP contribution in [0.5, 0.6) is 0 Å². The second kappa shape index (κ2) is 6.50. The molecule has 0 saturated carbocycles. The molecule has 7 heteroatoms. The molecular formula is C15H14F3NO2S. The summed E-state index contributed by atoms with van der Waals surface area (Å²) in [5.41, 5.74) is -3.42. The fourth-order valence-electron chi connectivity index (χ4n) is 1.94. The average Bonchev–Trinajstić information content (AvgIpc) is 2.97. The van der Waals surface area contributed by atoms with Gasteiger partial charge in [-0.2, -0.15) is 13.2 Å². The van der Waals surface area contributed by atoms with E-state index in [0.29, 0.717) is 0 Å². The third-order valence-electron chi connectivity index (χ3n) is 3.18. The van der Waals surface area contributed by atoms with E-state index in [9.17, 15) is 23.1 Å². The van der Waals surface area contributed by atoms with Crippen LogP contribution in [0.3, 0.4) is 0 Å². The molecule has 0 fully saturated rings. The Bertz CT molecular complexity index is 613. The summed E-state index contributed by atoms with van der Waals surface area (Å²) >= 11 is 1.34. The summed E-state index contributed by atoms with van der Waals surface area (Å²) in [5.74, 6) is -0.568. The van der Waals surface area contributed by atoms with Gasteiger partial charge in [0.05, 0.1) is 13.0 Å². The van der Waals surface area contributed by atoms with Crippen molar-refractivity contribution in [2.75, 3.05) is 6.54 Å². The van der Waals surface area contributed by atoms with Gasteiger partial charge < -0.3 is 10.4 Å². The molecule has 0 unspecified atom stereocenters. The van der Waals surface area contributed by atoms with Crippen molar-refractivity contribution in [2.24, 2.45) is 0 Å². The largest absolute Gasteiger partial charge is 0.423 e. The molecule has 1 heterocycles. The van der Waals surface area contributed by atoms with Gasteiger partial charge in [-0.05, 0) is 17.0 Å². The lowest BCUT2D eigenvalue weighted by Gasteiger charge is -2.31. The Labute approximate surface area is 129 Å². The SMILES string of the molecule is O=C(Cc1cccs1)NC[C@](O)(c1ccccc1)C(F)(F)F. The fourth-order valence-corrected chi connectivity index (χ4v) is 2.64. The molecule has 0 radical (unpaired) electrons. The summed E-state index contributed by atoms with van der Waals surface area (Å²) in [6, 6.07) is 10.2. The van der Waals surface area contributed by atoms with Gasteiger partial charge >= 0.3 is 6.18 Å². The van der Waals surface area contributed by atoms with Crippen molar-refractivity contribution in [1.29, 1.82) is 0 Å². The van der Waals surface area contributed by atoms with Crippen LogP contribution in [-0.2, 0) is 16.8 Å². The zero-order valence-corrected chi connectivity index (χ0v) is 12.2. The van der Waals surface area contributed by atoms with Crippen LogP contribution in [0.25, 0.3) is 0 Å². The van der Waals surface area contributed by atoms with Crippen LogP contribution in [0, 0.1) is 0 Å². The summed E-state index contributed by atoms with van der Waals surface area (Å²) in [5, 5.41) is 14.0. The van der Waals surface area contributed by atoms with Gasteiger partial charge in [0.1, 0.15) is 0 Å². The van der Waals surface area contributed by atoms with Crippen molar-refractivity contribution >= 4 is 17.2 Å². The number of rotatable bonds is 5. The highest BCUT2D eigenvalue weighted by Gasteiger charge is 2.55. The molecule has 1 aromatic heterocycles. The Kier molecular flexibility index (Phi) is 4.87. The first-order valence-electron chi connectivity index (χ1n) is 6.46. The van der Waals surface area contributed by atoms with E-state index in [0.717, 1.165) is 4.88 Å². The normalized spacial score (nSPS) is 14.4. The number of nitrogens with one attached hydrogen (secondary N) is 1. The van der Waals surface area contributed by atoms with E-state index in [1.54, 1.807) is 23.6 Å². The van der Waals surface area contributed by atoms with Crippen molar-refractivity contribution in [3.05, 3.63) is 58.3 Å². The Morgan fingerprint density at radius 2 is 1.82 bits per heavy atom. The van der Waals surface area contributed by atoms with Crippen LogP contribution in [-0.4, -0.2) is 23.7 Å². The highest BCUT2D eigenvalue weighted by Crippen LogP contribution is 2.38. The van der Waals surface area contributed by atoms with Gasteiger partial charge in [0.2, 0.25) is 11.5 Å². The predicted molar refractivity (Wildman–Crippen MR) is 77.4 cm³/mol. The van der Waals surface area contributed by atoms with Crippen molar-refractivity contribution in [3.63, 3.8) is 0 Å². The van der Waals surface area contributed by atoms with Crippen molar-refractivity contribution in [2.45, 2.75) is 18.2 Å². The molecule has 0 aliphatic carbocycles. The lowest BCUT2D eigenvalue weighted by atomic mass is 9.93. The molecule has 2 N–H and O–H groups in total. The number of halogens is 3. The summed E-state index contributed by atoms with van der Waals surface area (Å²) in [7, 11) is 0. The number of carbonyl (C=O) groups excluding carboxylic acids is 1. The molecular weight excluding hydrogens is 315 g/mol. The molecule has 1 amide bonds. The lowest BCUT2D eigenvalue weighted by molar-refractivity contribution is -0.264. The molecule has 0 bridgehead atoms. The van der Waals surface area contributed by atoms with E-state index in [1.807, 2.05) is 0 Å². The minimum Gasteiger partial charge on any atom is -0.375 e. The van der Waals surface area contributed by atoms with E-state index in [-0.39, 0.29) is 12.0 Å². The van der Waals surface area contributed by atoms with Gasteiger partial charge in [-0.15, -0.1) is 11.3 Å². The fraction of sp³-hybridized carbons (Fsp3) is 0.267. The molecule has 2 rings (SSSR count). The number of benzene rings is 1. The number of alkyl halides is 3. The maximum Gasteiger partial charge on any atom is 0.423 e. The number of aliphatic hydroxyl groups is 1. The number of hydrogen-bond acceptors (Lipinski definition) is 3. The molecule has 1 aromatic carbocycles. The number of hydrogen-bond donors (Lipinski definition) is 2. The van der Waals surface area contributed by atoms with Crippen LogP contribution in [0.2, 0.25) is 0 Å². The predicted octanol–water partition coefficient (Wildman–Crippen LogP) is 2.86. The Hall–Kier alpha value is -1.86. The van der Waals surface area contributed by atoms with Gasteiger partial charge in [0.15, 0.2) is 0 Å². The van der Waals surface area contributed by atoms with Crippen LogP contribution >= 0.6 is 11.3 Å². The van der Waals surface area contributed by atoms with Gasteiger partial charge in [-0.3, -0.25) is 4.79 Å². The first-order valence-corrected chi connectivity index (χ1v) is 7.34. The van der Waals surface area contributed by atoms with E-state index in [1.165, 1.54) is 35.6 Å². The summed E-state index contributed by atoms with van der Waals surface area (Å²) in [6.45, 7) is -0.926. The second-order valence-corrected chi connectivity index (χ2v) is 5.79. The van der Waals surface area contributed by atoms with Gasteiger partial charge in [-0.25, -0.2) is 0 Å². The third-order valence-corrected chi connectivity index (χ3v) is 4.05. The van der Waals surface area contributed by atoms with E-state index in [4.69, 9.17) is 0 Å². The molecule has 1 atom stereocenters. The number of thiophene rings is 1. The minimum absolute atomic E-state index is 0.0135. The third kappa shape index (κ3) is 3.66. The van der Waals surface area contributed by atoms with Gasteiger partial charge in [0.25, 0.3) is 0 Å². The molecule has 2 aromatic rings. The average molecular weight is 329 g/mol. The maximum atomic E-state index is 13.2. The summed E-state index contributed by atoms with van der Waals surface area (Å²) < 4.78 is 39.7. The molecule has 0 aliphatic heterocycles. The number of carbonyl (C=O) groups is 1. The molecule has 0 saturated heterocycles. The second-order valence-electron chi connectivity index (χ2n) is 4.76. The standard InChI is InChI=1S/C15H14F3NO2S/c16-15(17,18)14(21,11-5-2-1-3-6-11)10-19-13(20)9-12-7-4-8-22-12/h1-8,21H,9-10H2,(H,19,20)/t14-/m0/s1. The molecule has 0 spiro atoms. The number of amides is 1. The first kappa shape index (κ1) is 16.5. The summed E-state index contributed by atoms with van der Waals surface area (Å²) in [4.78, 5) is 12.5. The summed E-state index contributed by atoms with van der Waals surface area (Å²) in [6.07, 6.45) is -4.91. The Balaban J connectivity index is 2.10.